The first kappa shape index (κ1) is 12.4. The molecule has 0 atom stereocenters. The van der Waals surface area contributed by atoms with E-state index in [0.717, 1.165) is 0 Å². The summed E-state index contributed by atoms with van der Waals surface area (Å²) >= 11 is 3.16. The van der Waals surface area contributed by atoms with Crippen LogP contribution in [0.25, 0.3) is 0 Å². The Bertz CT molecular complexity index is 449. The van der Waals surface area contributed by atoms with Crippen LogP contribution in [0.15, 0.2) is 10.7 Å². The van der Waals surface area contributed by atoms with E-state index in [2.05, 4.69) is 25.7 Å². The van der Waals surface area contributed by atoms with Crippen LogP contribution < -0.4 is 10.5 Å². The van der Waals surface area contributed by atoms with Crippen molar-refractivity contribution in [2.75, 3.05) is 0 Å². The number of nitrogens with zero attached hydrogens (tertiary/aromatic N) is 2. The van der Waals surface area contributed by atoms with Crippen LogP contribution in [0.3, 0.4) is 0 Å². The first-order valence-electron chi connectivity index (χ1n) is 4.26. The quantitative estimate of drug-likeness (QED) is 0.674. The summed E-state index contributed by atoms with van der Waals surface area (Å²) in [4.78, 5) is 24.2. The van der Waals surface area contributed by atoms with Gasteiger partial charge in [0.1, 0.15) is 0 Å². The summed E-state index contributed by atoms with van der Waals surface area (Å²) in [6.07, 6.45) is 0.606. The molecule has 0 radical (unpaired) electrons. The number of primary amides is 1. The highest BCUT2D eigenvalue weighted by atomic mass is 79.9. The zero-order chi connectivity index (χ0) is 12.3. The van der Waals surface area contributed by atoms with Crippen molar-refractivity contribution in [3.05, 3.63) is 26.3 Å². The number of ether oxygens (including phenoxy) is 1. The molecule has 0 aromatic carbocycles. The third kappa shape index (κ3) is 2.45. The molecule has 1 aromatic heterocycles. The lowest BCUT2D eigenvalue weighted by atomic mass is 10.2. The highest BCUT2D eigenvalue weighted by Gasteiger charge is 2.24. The van der Waals surface area contributed by atoms with Gasteiger partial charge in [0.15, 0.2) is 6.20 Å². The Morgan fingerprint density at radius 1 is 1.75 bits per heavy atom. The van der Waals surface area contributed by atoms with E-state index in [1.54, 1.807) is 6.92 Å². The molecule has 0 fully saturated rings. The lowest BCUT2D eigenvalue weighted by Gasteiger charge is -2.07. The van der Waals surface area contributed by atoms with Gasteiger partial charge in [-0.3, -0.25) is 0 Å². The molecule has 0 saturated carbocycles. The highest BCUT2D eigenvalue weighted by molar-refractivity contribution is 9.10. The van der Waals surface area contributed by atoms with E-state index >= 15 is 0 Å². The van der Waals surface area contributed by atoms with E-state index in [0.29, 0.717) is 16.5 Å². The fourth-order valence-electron chi connectivity index (χ4n) is 1.17. The number of carbonyl (C=O) groups excluding carboxylic acids is 1. The molecule has 0 unspecified atom stereocenters. The summed E-state index contributed by atoms with van der Waals surface area (Å²) in [5.74, 6) is -0.742. The maximum Gasteiger partial charge on any atom is 0.410 e. The van der Waals surface area contributed by atoms with Gasteiger partial charge in [-0.1, -0.05) is 6.92 Å². The molecule has 16 heavy (non-hydrogen) atoms. The number of carbonyl (C=O) groups is 1. The minimum absolute atomic E-state index is 0.214. The Labute approximate surface area is 98.9 Å². The average molecular weight is 290 g/mol. The lowest BCUT2D eigenvalue weighted by molar-refractivity contribution is -0.390. The molecule has 0 spiro atoms. The molecule has 0 aliphatic carbocycles. The Balaban J connectivity index is 3.40. The van der Waals surface area contributed by atoms with Crippen molar-refractivity contribution in [1.82, 2.24) is 4.98 Å². The van der Waals surface area contributed by atoms with E-state index in [4.69, 9.17) is 5.73 Å². The fraction of sp³-hybridized carbons (Fsp3) is 0.250. The number of halogens is 1. The summed E-state index contributed by atoms with van der Waals surface area (Å²) in [5, 5.41) is 10.7. The number of hydrogen-bond acceptors (Lipinski definition) is 5. The molecule has 1 heterocycles. The zero-order valence-corrected chi connectivity index (χ0v) is 9.85. The van der Waals surface area contributed by atoms with Crippen molar-refractivity contribution in [2.24, 2.45) is 5.73 Å². The number of nitro groups is 1. The molecular weight excluding hydrogens is 282 g/mol. The molecule has 2 N–H and O–H groups in total. The van der Waals surface area contributed by atoms with Crippen LogP contribution >= 0.6 is 15.9 Å². The number of amides is 1. The Kier molecular flexibility index (Phi) is 3.78. The van der Waals surface area contributed by atoms with Gasteiger partial charge < -0.3 is 20.6 Å². The van der Waals surface area contributed by atoms with Crippen LogP contribution in [0.4, 0.5) is 10.6 Å². The maximum atomic E-state index is 10.7. The third-order valence-electron chi connectivity index (χ3n) is 1.79. The summed E-state index contributed by atoms with van der Waals surface area (Å²) in [6, 6.07) is 0. The van der Waals surface area contributed by atoms with E-state index in [9.17, 15) is 14.9 Å². The van der Waals surface area contributed by atoms with Crippen LogP contribution in [-0.4, -0.2) is 16.0 Å². The number of hydrogen-bond donors (Lipinski definition) is 1. The molecular formula is C8H8BrN3O4. The third-order valence-corrected chi connectivity index (χ3v) is 2.48. The molecule has 0 aliphatic rings. The molecule has 1 amide bonds. The fourth-order valence-corrected chi connectivity index (χ4v) is 1.73. The normalized spacial score (nSPS) is 9.88. The van der Waals surface area contributed by atoms with Crippen molar-refractivity contribution < 1.29 is 14.5 Å². The number of nitrogens with two attached hydrogens (primary N) is 1. The predicted octanol–water partition coefficient (Wildman–Crippen LogP) is 1.77. The van der Waals surface area contributed by atoms with Gasteiger partial charge in [0.2, 0.25) is 5.75 Å². The zero-order valence-electron chi connectivity index (χ0n) is 8.27. The number of aromatic nitrogens is 1. The smallest absolute Gasteiger partial charge is 0.401 e. The lowest BCUT2D eigenvalue weighted by Crippen LogP contribution is -2.18. The summed E-state index contributed by atoms with van der Waals surface area (Å²) in [7, 11) is 0. The van der Waals surface area contributed by atoms with Crippen molar-refractivity contribution in [1.29, 1.82) is 0 Å². The Morgan fingerprint density at radius 3 is 2.81 bits per heavy atom. The van der Waals surface area contributed by atoms with Crippen LogP contribution in [0.2, 0.25) is 0 Å². The number of rotatable bonds is 3. The Morgan fingerprint density at radius 2 is 2.38 bits per heavy atom. The number of pyridine rings is 1. The minimum Gasteiger partial charge on any atom is -0.401 e. The molecule has 1 aromatic rings. The molecule has 7 nitrogen and oxygen atoms in total. The maximum absolute atomic E-state index is 10.7. The first-order valence-corrected chi connectivity index (χ1v) is 5.05. The standard InChI is InChI=1S/C8H8BrN3O4/c1-2-4-5(9)3-11-7(12(14)15)6(4)16-8(10)13/h3H,2H2,1H3,(H2,10,13). The van der Waals surface area contributed by atoms with Crippen LogP contribution in [0, 0.1) is 10.1 Å². The average Bonchev–Trinajstić information content (AvgIpc) is 2.16. The van der Waals surface area contributed by atoms with E-state index in [1.165, 1.54) is 6.20 Å². The monoisotopic (exact) mass is 289 g/mol. The largest absolute Gasteiger partial charge is 0.410 e. The topological polar surface area (TPSA) is 108 Å². The second-order valence-electron chi connectivity index (χ2n) is 2.77. The molecule has 1 rings (SSSR count). The Hall–Kier alpha value is -1.70. The molecule has 8 heteroatoms. The van der Waals surface area contributed by atoms with Gasteiger partial charge in [0, 0.05) is 5.56 Å². The molecule has 0 bridgehead atoms. The van der Waals surface area contributed by atoms with Gasteiger partial charge >= 0.3 is 11.9 Å². The van der Waals surface area contributed by atoms with E-state index in [1.807, 2.05) is 0 Å². The van der Waals surface area contributed by atoms with Crippen LogP contribution in [0.5, 0.6) is 5.75 Å². The van der Waals surface area contributed by atoms with Gasteiger partial charge in [0.25, 0.3) is 0 Å². The first-order chi connectivity index (χ1) is 7.47. The SMILES string of the molecule is CCc1c(Br)cnc([N+](=O)[O-])c1OC(N)=O. The van der Waals surface area contributed by atoms with Crippen LogP contribution in [0.1, 0.15) is 12.5 Å². The van der Waals surface area contributed by atoms with E-state index in [-0.39, 0.29) is 5.75 Å². The van der Waals surface area contributed by atoms with Gasteiger partial charge in [-0.15, -0.1) is 0 Å². The molecule has 86 valence electrons. The second-order valence-corrected chi connectivity index (χ2v) is 3.62. The highest BCUT2D eigenvalue weighted by Crippen LogP contribution is 2.34. The van der Waals surface area contributed by atoms with Crippen molar-refractivity contribution in [3.8, 4) is 5.75 Å². The molecule has 0 saturated heterocycles. The van der Waals surface area contributed by atoms with Crippen molar-refractivity contribution in [2.45, 2.75) is 13.3 Å². The van der Waals surface area contributed by atoms with Gasteiger partial charge in [-0.05, 0) is 32.3 Å². The summed E-state index contributed by atoms with van der Waals surface area (Å²) in [5.41, 5.74) is 5.31. The minimum atomic E-state index is -1.11. The van der Waals surface area contributed by atoms with E-state index < -0.39 is 16.8 Å². The van der Waals surface area contributed by atoms with Gasteiger partial charge in [-0.25, -0.2) is 4.79 Å². The predicted molar refractivity (Wildman–Crippen MR) is 58.2 cm³/mol. The second kappa shape index (κ2) is 4.88. The van der Waals surface area contributed by atoms with Crippen molar-refractivity contribution >= 4 is 27.8 Å². The van der Waals surface area contributed by atoms with Crippen molar-refractivity contribution in [3.63, 3.8) is 0 Å². The van der Waals surface area contributed by atoms with Crippen LogP contribution in [-0.2, 0) is 6.42 Å². The summed E-state index contributed by atoms with van der Waals surface area (Å²) in [6.45, 7) is 1.76. The molecule has 0 aliphatic heterocycles. The summed E-state index contributed by atoms with van der Waals surface area (Å²) < 4.78 is 5.14. The van der Waals surface area contributed by atoms with Gasteiger partial charge in [-0.2, -0.15) is 0 Å². The van der Waals surface area contributed by atoms with Gasteiger partial charge in [0.05, 0.1) is 4.47 Å².